The van der Waals surface area contributed by atoms with Crippen molar-refractivity contribution in [3.63, 3.8) is 0 Å². The third-order valence-electron chi connectivity index (χ3n) is 3.71. The SMILES string of the molecule is Cc1ccc(NCC(=O)NNC(=O)COc2ccc(C(F)(F)F)cc2)c(C)c1. The average Bonchev–Trinajstić information content (AvgIpc) is 2.63. The largest absolute Gasteiger partial charge is 0.484 e. The number of aryl methyl sites for hydroxylation is 2. The van der Waals surface area contributed by atoms with Crippen LogP contribution in [-0.2, 0) is 15.8 Å². The van der Waals surface area contributed by atoms with Crippen molar-refractivity contribution in [3.8, 4) is 5.75 Å². The van der Waals surface area contributed by atoms with Crippen LogP contribution in [0.4, 0.5) is 18.9 Å². The molecule has 6 nitrogen and oxygen atoms in total. The zero-order valence-corrected chi connectivity index (χ0v) is 15.3. The lowest BCUT2D eigenvalue weighted by Crippen LogP contribution is -2.46. The Kier molecular flexibility index (Phi) is 6.86. The topological polar surface area (TPSA) is 79.5 Å². The number of rotatable bonds is 6. The smallest absolute Gasteiger partial charge is 0.416 e. The molecule has 9 heteroatoms. The second-order valence-electron chi connectivity index (χ2n) is 6.08. The van der Waals surface area contributed by atoms with Gasteiger partial charge in [-0.2, -0.15) is 13.2 Å². The van der Waals surface area contributed by atoms with Gasteiger partial charge in [0.15, 0.2) is 6.61 Å². The highest BCUT2D eigenvalue weighted by molar-refractivity contribution is 5.85. The number of nitrogens with one attached hydrogen (secondary N) is 3. The van der Waals surface area contributed by atoms with Crippen LogP contribution in [-0.4, -0.2) is 25.0 Å². The zero-order chi connectivity index (χ0) is 20.7. The molecule has 0 aliphatic heterocycles. The van der Waals surface area contributed by atoms with E-state index in [0.717, 1.165) is 41.1 Å². The van der Waals surface area contributed by atoms with E-state index in [2.05, 4.69) is 16.2 Å². The molecule has 150 valence electrons. The normalized spacial score (nSPS) is 10.9. The van der Waals surface area contributed by atoms with Crippen LogP contribution in [0.25, 0.3) is 0 Å². The van der Waals surface area contributed by atoms with E-state index in [-0.39, 0.29) is 12.3 Å². The Bertz CT molecular complexity index is 837. The fourth-order valence-corrected chi connectivity index (χ4v) is 2.30. The van der Waals surface area contributed by atoms with E-state index in [1.54, 1.807) is 0 Å². The van der Waals surface area contributed by atoms with Crippen LogP contribution < -0.4 is 20.9 Å². The predicted octanol–water partition coefficient (Wildman–Crippen LogP) is 2.96. The summed E-state index contributed by atoms with van der Waals surface area (Å²) < 4.78 is 42.5. The lowest BCUT2D eigenvalue weighted by molar-refractivity contribution is -0.137. The van der Waals surface area contributed by atoms with E-state index >= 15 is 0 Å². The molecule has 0 unspecified atom stereocenters. The predicted molar refractivity (Wildman–Crippen MR) is 97.6 cm³/mol. The van der Waals surface area contributed by atoms with Crippen LogP contribution in [0.5, 0.6) is 5.75 Å². The molecule has 0 fully saturated rings. The molecule has 0 aliphatic rings. The number of anilines is 1. The van der Waals surface area contributed by atoms with Crippen LogP contribution in [0, 0.1) is 13.8 Å². The van der Waals surface area contributed by atoms with Crippen molar-refractivity contribution in [3.05, 3.63) is 59.2 Å². The molecule has 3 N–H and O–H groups in total. The lowest BCUT2D eigenvalue weighted by Gasteiger charge is -2.12. The number of hydrogen-bond acceptors (Lipinski definition) is 4. The van der Waals surface area contributed by atoms with E-state index in [9.17, 15) is 22.8 Å². The van der Waals surface area contributed by atoms with Crippen LogP contribution in [0.2, 0.25) is 0 Å². The molecule has 0 bridgehead atoms. The number of halogens is 3. The van der Waals surface area contributed by atoms with E-state index in [1.165, 1.54) is 0 Å². The molecule has 2 aromatic rings. The quantitative estimate of drug-likeness (QED) is 0.657. The number of carbonyl (C=O) groups excluding carboxylic acids is 2. The number of alkyl halides is 3. The lowest BCUT2D eigenvalue weighted by atomic mass is 10.1. The van der Waals surface area contributed by atoms with Crippen molar-refractivity contribution in [2.75, 3.05) is 18.5 Å². The maximum absolute atomic E-state index is 12.5. The summed E-state index contributed by atoms with van der Waals surface area (Å²) in [5.74, 6) is -1.02. The fraction of sp³-hybridized carbons (Fsp3) is 0.263. The van der Waals surface area contributed by atoms with E-state index in [4.69, 9.17) is 4.74 Å². The molecule has 28 heavy (non-hydrogen) atoms. The molecule has 2 rings (SSSR count). The van der Waals surface area contributed by atoms with Gasteiger partial charge < -0.3 is 10.1 Å². The van der Waals surface area contributed by atoms with Crippen LogP contribution in [0.3, 0.4) is 0 Å². The van der Waals surface area contributed by atoms with Gasteiger partial charge in [-0.15, -0.1) is 0 Å². The number of hydrogen-bond donors (Lipinski definition) is 3. The Morgan fingerprint density at radius 2 is 1.61 bits per heavy atom. The first-order chi connectivity index (χ1) is 13.1. The van der Waals surface area contributed by atoms with Gasteiger partial charge in [0.2, 0.25) is 0 Å². The van der Waals surface area contributed by atoms with Crippen molar-refractivity contribution < 1.29 is 27.5 Å². The fourth-order valence-electron chi connectivity index (χ4n) is 2.30. The Hall–Kier alpha value is -3.23. The van der Waals surface area contributed by atoms with Crippen molar-refractivity contribution >= 4 is 17.5 Å². The van der Waals surface area contributed by atoms with Crippen molar-refractivity contribution in [2.45, 2.75) is 20.0 Å². The Labute approximate surface area is 160 Å². The number of carbonyl (C=O) groups is 2. The van der Waals surface area contributed by atoms with Gasteiger partial charge in [0.25, 0.3) is 11.8 Å². The van der Waals surface area contributed by atoms with Crippen molar-refractivity contribution in [1.29, 1.82) is 0 Å². The molecule has 0 aromatic heterocycles. The Balaban J connectivity index is 1.71. The summed E-state index contributed by atoms with van der Waals surface area (Å²) in [5, 5.41) is 2.95. The number of ether oxygens (including phenoxy) is 1. The van der Waals surface area contributed by atoms with E-state index in [1.807, 2.05) is 32.0 Å². The first-order valence-electron chi connectivity index (χ1n) is 8.34. The monoisotopic (exact) mass is 395 g/mol. The zero-order valence-electron chi connectivity index (χ0n) is 15.3. The molecule has 0 radical (unpaired) electrons. The third kappa shape index (κ3) is 6.49. The second-order valence-corrected chi connectivity index (χ2v) is 6.08. The molecule has 0 saturated heterocycles. The third-order valence-corrected chi connectivity index (χ3v) is 3.71. The van der Waals surface area contributed by atoms with Crippen molar-refractivity contribution in [2.24, 2.45) is 0 Å². The highest BCUT2D eigenvalue weighted by Crippen LogP contribution is 2.30. The van der Waals surface area contributed by atoms with Gasteiger partial charge in [0.1, 0.15) is 5.75 Å². The maximum Gasteiger partial charge on any atom is 0.416 e. The summed E-state index contributed by atoms with van der Waals surface area (Å²) in [7, 11) is 0. The van der Waals surface area contributed by atoms with E-state index < -0.39 is 30.2 Å². The summed E-state index contributed by atoms with van der Waals surface area (Å²) in [6, 6.07) is 9.68. The summed E-state index contributed by atoms with van der Waals surface area (Å²) >= 11 is 0. The van der Waals surface area contributed by atoms with E-state index in [0.29, 0.717) is 0 Å². The highest BCUT2D eigenvalue weighted by atomic mass is 19.4. The number of hydrazine groups is 1. The molecule has 0 spiro atoms. The Morgan fingerprint density at radius 1 is 0.964 bits per heavy atom. The van der Waals surface area contributed by atoms with Crippen LogP contribution in [0.1, 0.15) is 16.7 Å². The summed E-state index contributed by atoms with van der Waals surface area (Å²) in [6.45, 7) is 3.36. The average molecular weight is 395 g/mol. The van der Waals surface area contributed by atoms with Gasteiger partial charge in [0.05, 0.1) is 12.1 Å². The first-order valence-corrected chi connectivity index (χ1v) is 8.34. The van der Waals surface area contributed by atoms with Crippen molar-refractivity contribution in [1.82, 2.24) is 10.9 Å². The van der Waals surface area contributed by atoms with Gasteiger partial charge in [0, 0.05) is 5.69 Å². The summed E-state index contributed by atoms with van der Waals surface area (Å²) in [4.78, 5) is 23.4. The molecule has 0 aliphatic carbocycles. The minimum Gasteiger partial charge on any atom is -0.484 e. The molecule has 2 aromatic carbocycles. The number of benzene rings is 2. The molecular formula is C19H20F3N3O3. The van der Waals surface area contributed by atoms with Gasteiger partial charge in [-0.25, -0.2) is 0 Å². The minimum absolute atomic E-state index is 0.0516. The van der Waals surface area contributed by atoms with Crippen LogP contribution >= 0.6 is 0 Å². The van der Waals surface area contributed by atoms with Gasteiger partial charge in [-0.05, 0) is 49.7 Å². The summed E-state index contributed by atoms with van der Waals surface area (Å²) in [5.41, 5.74) is 6.47. The van der Waals surface area contributed by atoms with Gasteiger partial charge in [-0.3, -0.25) is 20.4 Å². The highest BCUT2D eigenvalue weighted by Gasteiger charge is 2.30. The Morgan fingerprint density at radius 3 is 2.21 bits per heavy atom. The number of amides is 2. The maximum atomic E-state index is 12.5. The van der Waals surface area contributed by atoms with Gasteiger partial charge in [-0.1, -0.05) is 17.7 Å². The molecule has 0 heterocycles. The molecule has 2 amide bonds. The van der Waals surface area contributed by atoms with Crippen LogP contribution in [0.15, 0.2) is 42.5 Å². The van der Waals surface area contributed by atoms with Gasteiger partial charge >= 0.3 is 6.18 Å². The molecular weight excluding hydrogens is 375 g/mol. The first kappa shape index (κ1) is 21.1. The molecule has 0 saturated carbocycles. The standard InChI is InChI=1S/C19H20F3N3O3/c1-12-3-8-16(13(2)9-12)23-10-17(26)24-25-18(27)11-28-15-6-4-14(5-7-15)19(20,21)22/h3-9,23H,10-11H2,1-2H3,(H,24,26)(H,25,27). The second kappa shape index (κ2) is 9.12. The minimum atomic E-state index is -4.44. The molecule has 0 atom stereocenters. The summed E-state index contributed by atoms with van der Waals surface area (Å²) in [6.07, 6.45) is -4.44.